The van der Waals surface area contributed by atoms with Crippen molar-refractivity contribution in [3.8, 4) is 6.01 Å². The van der Waals surface area contributed by atoms with E-state index in [9.17, 15) is 0 Å². The molecule has 2 aromatic heterocycles. The molecule has 2 N–H and O–H groups in total. The number of fused-ring (bicyclic) bond motifs is 1. The van der Waals surface area contributed by atoms with Gasteiger partial charge in [0.15, 0.2) is 11.5 Å². The van der Waals surface area contributed by atoms with Gasteiger partial charge in [-0.15, -0.1) is 5.10 Å². The van der Waals surface area contributed by atoms with Crippen molar-refractivity contribution in [2.75, 3.05) is 12.3 Å². The molecule has 79 valence electrons. The van der Waals surface area contributed by atoms with Crippen LogP contribution in [0.3, 0.4) is 0 Å². The number of nitrogens with two attached hydrogens (primary N) is 1. The van der Waals surface area contributed by atoms with Crippen LogP contribution in [0.4, 0.5) is 5.82 Å². The van der Waals surface area contributed by atoms with Crippen LogP contribution in [0.15, 0.2) is 6.20 Å². The van der Waals surface area contributed by atoms with Crippen LogP contribution in [0.2, 0.25) is 0 Å². The lowest BCUT2D eigenvalue weighted by atomic mass is 10.4. The van der Waals surface area contributed by atoms with E-state index in [0.29, 0.717) is 18.1 Å². The standard InChI is InChI=1S/C9H12N5O/c1-2-3-6-15-9-12-7(10)8-11-4-5-14(8)13-9/h4H,2-3,6H2,1H3,(H2,10,12,13). The number of imidazole rings is 1. The molecular formula is C9H12N5O. The molecule has 2 heterocycles. The third-order valence-corrected chi connectivity index (χ3v) is 1.93. The van der Waals surface area contributed by atoms with E-state index in [2.05, 4.69) is 28.2 Å². The summed E-state index contributed by atoms with van der Waals surface area (Å²) in [5, 5.41) is 4.05. The van der Waals surface area contributed by atoms with Crippen LogP contribution < -0.4 is 10.5 Å². The SMILES string of the molecule is CCCCOc1nc(N)c2nc[c]n2n1. The van der Waals surface area contributed by atoms with Crippen molar-refractivity contribution in [3.63, 3.8) is 0 Å². The van der Waals surface area contributed by atoms with Gasteiger partial charge in [-0.05, 0) is 6.42 Å². The number of hydrogen-bond donors (Lipinski definition) is 1. The lowest BCUT2D eigenvalue weighted by molar-refractivity contribution is 0.281. The van der Waals surface area contributed by atoms with Crippen LogP contribution in [-0.2, 0) is 0 Å². The predicted octanol–water partition coefficient (Wildman–Crippen LogP) is 0.686. The molecule has 0 aliphatic heterocycles. The molecule has 0 unspecified atom stereocenters. The summed E-state index contributed by atoms with van der Waals surface area (Å²) in [4.78, 5) is 7.94. The molecule has 0 atom stereocenters. The van der Waals surface area contributed by atoms with Gasteiger partial charge in [0.2, 0.25) is 0 Å². The second-order valence-electron chi connectivity index (χ2n) is 3.10. The summed E-state index contributed by atoms with van der Waals surface area (Å²) >= 11 is 0. The Labute approximate surface area is 87.1 Å². The van der Waals surface area contributed by atoms with Crippen LogP contribution in [-0.4, -0.2) is 26.2 Å². The summed E-state index contributed by atoms with van der Waals surface area (Å²) in [5.74, 6) is 0.303. The first-order chi connectivity index (χ1) is 7.31. The van der Waals surface area contributed by atoms with Crippen LogP contribution in [0.25, 0.3) is 5.65 Å². The van der Waals surface area contributed by atoms with E-state index in [1.165, 1.54) is 10.7 Å². The summed E-state index contributed by atoms with van der Waals surface area (Å²) in [6.45, 7) is 2.68. The van der Waals surface area contributed by atoms with Gasteiger partial charge < -0.3 is 10.5 Å². The first-order valence-corrected chi connectivity index (χ1v) is 4.83. The summed E-state index contributed by atoms with van der Waals surface area (Å²) in [6, 6.07) is 0.266. The van der Waals surface area contributed by atoms with E-state index in [0.717, 1.165) is 12.8 Å². The van der Waals surface area contributed by atoms with E-state index in [4.69, 9.17) is 10.5 Å². The Bertz CT molecular complexity index is 453. The normalized spacial score (nSPS) is 10.7. The van der Waals surface area contributed by atoms with Crippen molar-refractivity contribution in [2.45, 2.75) is 19.8 Å². The summed E-state index contributed by atoms with van der Waals surface area (Å²) in [5.41, 5.74) is 6.17. The molecular weight excluding hydrogens is 194 g/mol. The summed E-state index contributed by atoms with van der Waals surface area (Å²) in [6.07, 6.45) is 6.31. The minimum atomic E-state index is 0.266. The third-order valence-electron chi connectivity index (χ3n) is 1.93. The quantitative estimate of drug-likeness (QED) is 0.744. The molecule has 2 aromatic rings. The number of ether oxygens (including phenoxy) is 1. The summed E-state index contributed by atoms with van der Waals surface area (Å²) < 4.78 is 6.77. The van der Waals surface area contributed by atoms with E-state index in [1.54, 1.807) is 0 Å². The molecule has 15 heavy (non-hydrogen) atoms. The van der Waals surface area contributed by atoms with Gasteiger partial charge in [0.05, 0.1) is 12.8 Å². The van der Waals surface area contributed by atoms with Gasteiger partial charge in [-0.25, -0.2) is 9.50 Å². The highest BCUT2D eigenvalue weighted by atomic mass is 16.5. The van der Waals surface area contributed by atoms with Crippen molar-refractivity contribution in [2.24, 2.45) is 0 Å². The van der Waals surface area contributed by atoms with Crippen LogP contribution in [0.1, 0.15) is 19.8 Å². The maximum Gasteiger partial charge on any atom is 0.336 e. The Morgan fingerprint density at radius 3 is 3.27 bits per heavy atom. The van der Waals surface area contributed by atoms with Gasteiger partial charge in [0.1, 0.15) is 6.20 Å². The number of unbranched alkanes of at least 4 members (excludes halogenated alkanes) is 1. The van der Waals surface area contributed by atoms with Crippen molar-refractivity contribution in [3.05, 3.63) is 12.4 Å². The lowest BCUT2D eigenvalue weighted by Crippen LogP contribution is -2.07. The van der Waals surface area contributed by atoms with Gasteiger partial charge in [-0.2, -0.15) is 4.98 Å². The smallest absolute Gasteiger partial charge is 0.336 e. The highest BCUT2D eigenvalue weighted by Gasteiger charge is 2.06. The van der Waals surface area contributed by atoms with E-state index >= 15 is 0 Å². The minimum absolute atomic E-state index is 0.266. The molecule has 0 aliphatic rings. The second kappa shape index (κ2) is 4.12. The van der Waals surface area contributed by atoms with Gasteiger partial charge in [-0.3, -0.25) is 0 Å². The number of aromatic nitrogens is 4. The number of nitrogens with zero attached hydrogens (tertiary/aromatic N) is 4. The van der Waals surface area contributed by atoms with E-state index in [1.807, 2.05) is 0 Å². The average Bonchev–Trinajstić information content (AvgIpc) is 2.66. The van der Waals surface area contributed by atoms with Crippen LogP contribution >= 0.6 is 0 Å². The Morgan fingerprint density at radius 2 is 2.47 bits per heavy atom. The molecule has 0 bridgehead atoms. The fourth-order valence-corrected chi connectivity index (χ4v) is 1.14. The van der Waals surface area contributed by atoms with E-state index < -0.39 is 0 Å². The average molecular weight is 206 g/mol. The number of anilines is 1. The van der Waals surface area contributed by atoms with Gasteiger partial charge in [0, 0.05) is 0 Å². The highest BCUT2D eigenvalue weighted by Crippen LogP contribution is 2.10. The van der Waals surface area contributed by atoms with Crippen molar-refractivity contribution in [1.82, 2.24) is 19.6 Å². The first kappa shape index (κ1) is 9.70. The number of hydrogen-bond acceptors (Lipinski definition) is 5. The number of nitrogen functional groups attached to an aromatic ring is 1. The van der Waals surface area contributed by atoms with Crippen LogP contribution in [0, 0.1) is 6.20 Å². The van der Waals surface area contributed by atoms with Crippen molar-refractivity contribution < 1.29 is 4.74 Å². The molecule has 0 fully saturated rings. The second-order valence-corrected chi connectivity index (χ2v) is 3.10. The Morgan fingerprint density at radius 1 is 1.60 bits per heavy atom. The largest absolute Gasteiger partial charge is 0.462 e. The van der Waals surface area contributed by atoms with Gasteiger partial charge in [0.25, 0.3) is 0 Å². The zero-order valence-corrected chi connectivity index (χ0v) is 8.47. The van der Waals surface area contributed by atoms with Crippen LogP contribution in [0.5, 0.6) is 6.01 Å². The Hall–Kier alpha value is -1.85. The van der Waals surface area contributed by atoms with Gasteiger partial charge in [-0.1, -0.05) is 13.3 Å². The molecule has 0 saturated heterocycles. The molecule has 0 spiro atoms. The highest BCUT2D eigenvalue weighted by molar-refractivity contribution is 5.58. The molecule has 0 aliphatic carbocycles. The summed E-state index contributed by atoms with van der Waals surface area (Å²) in [7, 11) is 0. The predicted molar refractivity (Wildman–Crippen MR) is 54.4 cm³/mol. The van der Waals surface area contributed by atoms with Crippen molar-refractivity contribution in [1.29, 1.82) is 0 Å². The molecule has 6 heteroatoms. The topological polar surface area (TPSA) is 78.3 Å². The molecule has 0 aromatic carbocycles. The Kier molecular flexibility index (Phi) is 2.66. The molecule has 6 nitrogen and oxygen atoms in total. The molecule has 0 saturated carbocycles. The maximum atomic E-state index is 5.67. The zero-order chi connectivity index (χ0) is 10.7. The molecule has 2 rings (SSSR count). The molecule has 0 amide bonds. The minimum Gasteiger partial charge on any atom is -0.462 e. The lowest BCUT2D eigenvalue weighted by Gasteiger charge is -2.04. The maximum absolute atomic E-state index is 5.67. The monoisotopic (exact) mass is 206 g/mol. The number of rotatable bonds is 4. The zero-order valence-electron chi connectivity index (χ0n) is 8.47. The first-order valence-electron chi connectivity index (χ1n) is 4.83. The fourth-order valence-electron chi connectivity index (χ4n) is 1.14. The molecule has 1 radical (unpaired) electrons. The van der Waals surface area contributed by atoms with Crippen molar-refractivity contribution >= 4 is 11.5 Å². The van der Waals surface area contributed by atoms with Gasteiger partial charge >= 0.3 is 6.01 Å². The fraction of sp³-hybridized carbons (Fsp3) is 0.444. The Balaban J connectivity index is 2.21. The third kappa shape index (κ3) is 1.98. The van der Waals surface area contributed by atoms with E-state index in [-0.39, 0.29) is 6.01 Å².